The number of anilines is 2. The van der Waals surface area contributed by atoms with E-state index in [1.165, 1.54) is 17.4 Å². The van der Waals surface area contributed by atoms with Gasteiger partial charge in [-0.05, 0) is 42.0 Å². The summed E-state index contributed by atoms with van der Waals surface area (Å²) >= 11 is 1.26. The predicted molar refractivity (Wildman–Crippen MR) is 134 cm³/mol. The van der Waals surface area contributed by atoms with Crippen molar-refractivity contribution in [2.24, 2.45) is 0 Å². The number of carbonyl (C=O) groups is 2. The van der Waals surface area contributed by atoms with Crippen LogP contribution in [0, 0.1) is 5.82 Å². The minimum atomic E-state index is -0.272. The number of rotatable bonds is 7. The molecule has 0 saturated carbocycles. The summed E-state index contributed by atoms with van der Waals surface area (Å²) in [4.78, 5) is 36.9. The van der Waals surface area contributed by atoms with Gasteiger partial charge in [0.2, 0.25) is 5.91 Å². The third kappa shape index (κ3) is 5.42. The molecule has 0 aliphatic carbocycles. The van der Waals surface area contributed by atoms with Crippen LogP contribution >= 0.6 is 11.3 Å². The Hall–Kier alpha value is -4.37. The van der Waals surface area contributed by atoms with Gasteiger partial charge in [-0.15, -0.1) is 11.3 Å². The Kier molecular flexibility index (Phi) is 6.32. The lowest BCUT2D eigenvalue weighted by molar-refractivity contribution is -0.115. The lowest BCUT2D eigenvalue weighted by atomic mass is 10.1. The molecule has 0 radical (unpaired) electrons. The van der Waals surface area contributed by atoms with Gasteiger partial charge in [0.25, 0.3) is 5.91 Å². The summed E-state index contributed by atoms with van der Waals surface area (Å²) in [7, 11) is 0. The number of nitrogens with zero attached hydrogens (tertiary/aromatic N) is 2. The molecule has 0 fully saturated rings. The number of benzene rings is 3. The number of hydrogen-bond acceptors (Lipinski definition) is 5. The first-order valence-corrected chi connectivity index (χ1v) is 11.7. The summed E-state index contributed by atoms with van der Waals surface area (Å²) in [6.45, 7) is 0. The highest BCUT2D eigenvalue weighted by Gasteiger charge is 2.12. The molecule has 5 rings (SSSR count). The molecule has 0 bridgehead atoms. The van der Waals surface area contributed by atoms with Crippen molar-refractivity contribution in [2.75, 3.05) is 10.6 Å². The van der Waals surface area contributed by atoms with Crippen LogP contribution in [0.2, 0.25) is 0 Å². The summed E-state index contributed by atoms with van der Waals surface area (Å²) in [6.07, 6.45) is 0.410. The number of H-pyrrole nitrogens is 1. The van der Waals surface area contributed by atoms with E-state index in [9.17, 15) is 14.0 Å². The SMILES string of the molecule is O=C(Cc1csc(NC(=O)c2ccccc2)n1)Nc1ccc2nc(Cc3ccccc3F)[nH]c2c1. The lowest BCUT2D eigenvalue weighted by Crippen LogP contribution is -2.15. The van der Waals surface area contributed by atoms with Crippen LogP contribution in [0.3, 0.4) is 0 Å². The Labute approximate surface area is 204 Å². The van der Waals surface area contributed by atoms with Gasteiger partial charge in [-0.3, -0.25) is 14.9 Å². The van der Waals surface area contributed by atoms with Crippen molar-refractivity contribution < 1.29 is 14.0 Å². The van der Waals surface area contributed by atoms with Crippen LogP contribution in [-0.4, -0.2) is 26.8 Å². The van der Waals surface area contributed by atoms with Gasteiger partial charge in [0.15, 0.2) is 5.13 Å². The van der Waals surface area contributed by atoms with E-state index in [1.54, 1.807) is 66.0 Å². The van der Waals surface area contributed by atoms with Crippen LogP contribution in [0.25, 0.3) is 11.0 Å². The quantitative estimate of drug-likeness (QED) is 0.296. The Bertz CT molecular complexity index is 1510. The molecule has 0 spiro atoms. The number of aromatic amines is 1. The number of aromatic nitrogens is 3. The largest absolute Gasteiger partial charge is 0.342 e. The van der Waals surface area contributed by atoms with E-state index in [4.69, 9.17) is 0 Å². The topological polar surface area (TPSA) is 99.8 Å². The summed E-state index contributed by atoms with van der Waals surface area (Å²) in [5, 5.41) is 7.78. The second-order valence-electron chi connectivity index (χ2n) is 7.87. The van der Waals surface area contributed by atoms with Gasteiger partial charge < -0.3 is 10.3 Å². The van der Waals surface area contributed by atoms with E-state index in [0.29, 0.717) is 39.9 Å². The number of thiazole rings is 1. The molecule has 0 aliphatic rings. The van der Waals surface area contributed by atoms with E-state index in [-0.39, 0.29) is 24.1 Å². The highest BCUT2D eigenvalue weighted by Crippen LogP contribution is 2.21. The van der Waals surface area contributed by atoms with E-state index < -0.39 is 0 Å². The summed E-state index contributed by atoms with van der Waals surface area (Å²) < 4.78 is 13.9. The van der Waals surface area contributed by atoms with Crippen LogP contribution in [0.5, 0.6) is 0 Å². The fraction of sp³-hybridized carbons (Fsp3) is 0.0769. The van der Waals surface area contributed by atoms with Crippen molar-refractivity contribution in [2.45, 2.75) is 12.8 Å². The van der Waals surface area contributed by atoms with Gasteiger partial charge in [0.05, 0.1) is 23.1 Å². The van der Waals surface area contributed by atoms with Crippen molar-refractivity contribution in [3.8, 4) is 0 Å². The summed E-state index contributed by atoms with van der Waals surface area (Å²) in [6, 6.07) is 20.8. The van der Waals surface area contributed by atoms with Gasteiger partial charge in [-0.1, -0.05) is 36.4 Å². The normalized spacial score (nSPS) is 10.9. The molecule has 0 atom stereocenters. The predicted octanol–water partition coefficient (Wildman–Crippen LogP) is 5.18. The van der Waals surface area contributed by atoms with E-state index in [2.05, 4.69) is 25.6 Å². The minimum Gasteiger partial charge on any atom is -0.342 e. The molecule has 7 nitrogen and oxygen atoms in total. The molecule has 2 aromatic heterocycles. The Morgan fingerprint density at radius 3 is 2.57 bits per heavy atom. The molecule has 35 heavy (non-hydrogen) atoms. The highest BCUT2D eigenvalue weighted by molar-refractivity contribution is 7.14. The smallest absolute Gasteiger partial charge is 0.257 e. The number of hydrogen-bond donors (Lipinski definition) is 3. The van der Waals surface area contributed by atoms with Crippen LogP contribution in [0.15, 0.2) is 78.2 Å². The molecule has 9 heteroatoms. The van der Waals surface area contributed by atoms with Crippen molar-refractivity contribution in [3.05, 3.63) is 107 Å². The first-order chi connectivity index (χ1) is 17.0. The van der Waals surface area contributed by atoms with E-state index in [0.717, 1.165) is 11.0 Å². The molecule has 2 amide bonds. The third-order valence-electron chi connectivity index (χ3n) is 5.28. The Balaban J connectivity index is 1.20. The number of imidazole rings is 1. The minimum absolute atomic E-state index is 0.0667. The molecule has 0 unspecified atom stereocenters. The van der Waals surface area contributed by atoms with Gasteiger partial charge in [0.1, 0.15) is 11.6 Å². The number of nitrogens with one attached hydrogen (secondary N) is 3. The lowest BCUT2D eigenvalue weighted by Gasteiger charge is -2.04. The zero-order valence-corrected chi connectivity index (χ0v) is 19.2. The van der Waals surface area contributed by atoms with Gasteiger partial charge in [0, 0.05) is 23.1 Å². The summed E-state index contributed by atoms with van der Waals surface area (Å²) in [5.74, 6) is -0.119. The van der Waals surface area contributed by atoms with Crippen LogP contribution in [0.1, 0.15) is 27.4 Å². The standard InChI is InChI=1S/C26H20FN5O2S/c27-20-9-5-4-8-17(20)12-23-30-21-11-10-18(13-22(21)31-23)28-24(33)14-19-15-35-26(29-19)32-25(34)16-6-2-1-3-7-16/h1-11,13,15H,12,14H2,(H,28,33)(H,30,31)(H,29,32,34). The highest BCUT2D eigenvalue weighted by atomic mass is 32.1. The maximum absolute atomic E-state index is 13.9. The monoisotopic (exact) mass is 485 g/mol. The average molecular weight is 486 g/mol. The first-order valence-electron chi connectivity index (χ1n) is 10.9. The van der Waals surface area contributed by atoms with E-state index >= 15 is 0 Å². The van der Waals surface area contributed by atoms with Crippen molar-refractivity contribution in [1.82, 2.24) is 15.0 Å². The van der Waals surface area contributed by atoms with Crippen molar-refractivity contribution in [3.63, 3.8) is 0 Å². The van der Waals surface area contributed by atoms with Crippen LogP contribution in [-0.2, 0) is 17.6 Å². The zero-order chi connectivity index (χ0) is 24.2. The molecule has 3 N–H and O–H groups in total. The van der Waals surface area contributed by atoms with E-state index in [1.807, 2.05) is 6.07 Å². The van der Waals surface area contributed by atoms with Gasteiger partial charge in [-0.25, -0.2) is 14.4 Å². The molecule has 5 aromatic rings. The maximum Gasteiger partial charge on any atom is 0.257 e. The fourth-order valence-corrected chi connectivity index (χ4v) is 4.33. The first kappa shape index (κ1) is 22.4. The van der Waals surface area contributed by atoms with Crippen LogP contribution < -0.4 is 10.6 Å². The fourth-order valence-electron chi connectivity index (χ4n) is 3.62. The Morgan fingerprint density at radius 1 is 0.943 bits per heavy atom. The van der Waals surface area contributed by atoms with Crippen LogP contribution in [0.4, 0.5) is 15.2 Å². The van der Waals surface area contributed by atoms with Gasteiger partial charge >= 0.3 is 0 Å². The second kappa shape index (κ2) is 9.86. The molecule has 0 saturated heterocycles. The van der Waals surface area contributed by atoms with Crippen molar-refractivity contribution >= 4 is 45.0 Å². The van der Waals surface area contributed by atoms with Crippen molar-refractivity contribution in [1.29, 1.82) is 0 Å². The summed E-state index contributed by atoms with van der Waals surface area (Å²) in [5.41, 5.74) is 3.74. The average Bonchev–Trinajstić information content (AvgIpc) is 3.46. The molecule has 174 valence electrons. The number of carbonyl (C=O) groups excluding carboxylic acids is 2. The number of halogens is 1. The zero-order valence-electron chi connectivity index (χ0n) is 18.4. The molecule has 3 aromatic carbocycles. The third-order valence-corrected chi connectivity index (χ3v) is 6.09. The number of fused-ring (bicyclic) bond motifs is 1. The Morgan fingerprint density at radius 2 is 1.74 bits per heavy atom. The molecular formula is C26H20FN5O2S. The number of amides is 2. The molecule has 0 aliphatic heterocycles. The maximum atomic E-state index is 13.9. The molecule has 2 heterocycles. The second-order valence-corrected chi connectivity index (χ2v) is 8.73. The van der Waals surface area contributed by atoms with Gasteiger partial charge in [-0.2, -0.15) is 0 Å². The molecular weight excluding hydrogens is 465 g/mol.